The summed E-state index contributed by atoms with van der Waals surface area (Å²) >= 11 is 0. The van der Waals surface area contributed by atoms with Gasteiger partial charge in [-0.05, 0) is 6.07 Å². The summed E-state index contributed by atoms with van der Waals surface area (Å²) in [6.07, 6.45) is 4.79. The molecule has 0 amide bonds. The zero-order chi connectivity index (χ0) is 16.4. The summed E-state index contributed by atoms with van der Waals surface area (Å²) in [5, 5.41) is 9.91. The summed E-state index contributed by atoms with van der Waals surface area (Å²) in [6.45, 7) is -0.148. The summed E-state index contributed by atoms with van der Waals surface area (Å²) in [5.41, 5.74) is 0.371. The first-order chi connectivity index (χ1) is 10.2. The molecule has 2 rings (SSSR count). The number of aromatic amines is 1. The molecule has 10 nitrogen and oxygen atoms in total. The number of sulfonamides is 1. The van der Waals surface area contributed by atoms with E-state index in [1.54, 1.807) is 6.20 Å². The van der Waals surface area contributed by atoms with E-state index in [9.17, 15) is 16.8 Å². The maximum atomic E-state index is 11.6. The molecule has 0 fully saturated rings. The van der Waals surface area contributed by atoms with Gasteiger partial charge >= 0.3 is 10.3 Å². The van der Waals surface area contributed by atoms with Crippen LogP contribution >= 0.6 is 0 Å². The molecule has 0 saturated heterocycles. The van der Waals surface area contributed by atoms with Gasteiger partial charge in [-0.15, -0.1) is 0 Å². The van der Waals surface area contributed by atoms with E-state index in [2.05, 4.69) is 14.2 Å². The molecule has 22 heavy (non-hydrogen) atoms. The van der Waals surface area contributed by atoms with Crippen LogP contribution in [0.5, 0.6) is 0 Å². The average Bonchev–Trinajstić information content (AvgIpc) is 2.98. The van der Waals surface area contributed by atoms with E-state index in [4.69, 9.17) is 10.3 Å². The Morgan fingerprint density at radius 2 is 2.00 bits per heavy atom. The van der Waals surface area contributed by atoms with Gasteiger partial charge in [-0.2, -0.15) is 8.42 Å². The Balaban J connectivity index is 2.27. The second kappa shape index (κ2) is 6.18. The molecule has 2 aromatic heterocycles. The molecular formula is C10H15N5O5S2. The number of imidazole rings is 1. The number of H-pyrrole nitrogens is 1. The van der Waals surface area contributed by atoms with Crippen molar-refractivity contribution in [2.24, 2.45) is 10.3 Å². The van der Waals surface area contributed by atoms with Gasteiger partial charge in [-0.1, -0.05) is 0 Å². The smallest absolute Gasteiger partial charge is 0.333 e. The predicted molar refractivity (Wildman–Crippen MR) is 76.3 cm³/mol. The number of hydrogen-bond donors (Lipinski definition) is 3. The van der Waals surface area contributed by atoms with Crippen LogP contribution in [-0.4, -0.2) is 38.0 Å². The number of hydrogen-bond acceptors (Lipinski definition) is 6. The summed E-state index contributed by atoms with van der Waals surface area (Å²) in [4.78, 5) is 6.82. The minimum absolute atomic E-state index is 0.0560. The Hall–Kier alpha value is -1.73. The van der Waals surface area contributed by atoms with Gasteiger partial charge < -0.3 is 9.55 Å². The molecule has 0 bridgehead atoms. The molecule has 2 heterocycles. The zero-order valence-electron chi connectivity index (χ0n) is 11.3. The van der Waals surface area contributed by atoms with Crippen LogP contribution in [-0.2, 0) is 37.5 Å². The van der Waals surface area contributed by atoms with Crippen molar-refractivity contribution < 1.29 is 21.0 Å². The van der Waals surface area contributed by atoms with Crippen LogP contribution in [0.2, 0.25) is 0 Å². The molecule has 0 aromatic carbocycles. The lowest BCUT2D eigenvalue weighted by Crippen LogP contribution is -2.20. The first kappa shape index (κ1) is 16.6. The number of nitrogens with zero attached hydrogens (tertiary/aromatic N) is 2. The molecule has 12 heteroatoms. The Morgan fingerprint density at radius 3 is 2.55 bits per heavy atom. The van der Waals surface area contributed by atoms with Crippen LogP contribution in [0.25, 0.3) is 0 Å². The molecule has 0 aliphatic carbocycles. The standard InChI is InChI=1S/C10H15N5O5S2/c11-21(16,17)9-1-4-15(5-6-20-22(12,18)19)8(9)7-10-13-2-3-14-10/h1-4H,5-7H2,(H,13,14)(H2,11,16,17)(H2,12,18,19). The van der Waals surface area contributed by atoms with Crippen molar-refractivity contribution in [2.45, 2.75) is 17.9 Å². The maximum absolute atomic E-state index is 11.6. The van der Waals surface area contributed by atoms with Crippen molar-refractivity contribution in [3.8, 4) is 0 Å². The van der Waals surface area contributed by atoms with E-state index in [1.165, 1.54) is 23.0 Å². The first-order valence-electron chi connectivity index (χ1n) is 6.03. The van der Waals surface area contributed by atoms with E-state index in [0.717, 1.165) is 0 Å². The molecule has 122 valence electrons. The SMILES string of the molecule is NS(=O)(=O)OCCn1ccc(S(N)(=O)=O)c1Cc1ncc[nH]1. The van der Waals surface area contributed by atoms with Gasteiger partial charge in [0.25, 0.3) is 0 Å². The molecule has 0 unspecified atom stereocenters. The minimum atomic E-state index is -4.05. The van der Waals surface area contributed by atoms with E-state index < -0.39 is 20.3 Å². The number of nitrogens with two attached hydrogens (primary N) is 2. The first-order valence-corrected chi connectivity index (χ1v) is 9.05. The Morgan fingerprint density at radius 1 is 1.27 bits per heavy atom. The van der Waals surface area contributed by atoms with Gasteiger partial charge in [0.1, 0.15) is 10.7 Å². The summed E-state index contributed by atoms with van der Waals surface area (Å²) in [6, 6.07) is 1.34. The van der Waals surface area contributed by atoms with E-state index in [1.807, 2.05) is 0 Å². The summed E-state index contributed by atoms with van der Waals surface area (Å²) in [7, 11) is -7.97. The van der Waals surface area contributed by atoms with Crippen molar-refractivity contribution in [3.05, 3.63) is 36.2 Å². The summed E-state index contributed by atoms with van der Waals surface area (Å²) in [5.74, 6) is 0.539. The zero-order valence-corrected chi connectivity index (χ0v) is 13.0. The number of rotatable bonds is 7. The van der Waals surface area contributed by atoms with Crippen LogP contribution < -0.4 is 10.3 Å². The van der Waals surface area contributed by atoms with Gasteiger partial charge in [-0.25, -0.2) is 23.7 Å². The molecule has 0 saturated carbocycles. The number of primary sulfonamides is 1. The van der Waals surface area contributed by atoms with Crippen LogP contribution in [0.4, 0.5) is 0 Å². The monoisotopic (exact) mass is 349 g/mol. The molecular weight excluding hydrogens is 334 g/mol. The summed E-state index contributed by atoms with van der Waals surface area (Å²) < 4.78 is 50.7. The molecule has 2 aromatic rings. The molecule has 0 radical (unpaired) electrons. The average molecular weight is 349 g/mol. The predicted octanol–water partition coefficient (Wildman–Crippen LogP) is -1.33. The van der Waals surface area contributed by atoms with Gasteiger partial charge in [0.05, 0.1) is 6.61 Å². The molecule has 0 atom stereocenters. The highest BCUT2D eigenvalue weighted by Gasteiger charge is 2.19. The van der Waals surface area contributed by atoms with Gasteiger partial charge in [-0.3, -0.25) is 4.18 Å². The Kier molecular flexibility index (Phi) is 4.67. The highest BCUT2D eigenvalue weighted by atomic mass is 32.2. The molecule has 0 aliphatic heterocycles. The quantitative estimate of drug-likeness (QED) is 0.560. The Labute approximate surface area is 127 Å². The number of nitrogens with one attached hydrogen (secondary N) is 1. The third kappa shape index (κ3) is 4.38. The van der Waals surface area contributed by atoms with E-state index >= 15 is 0 Å². The lowest BCUT2D eigenvalue weighted by atomic mass is 10.3. The highest BCUT2D eigenvalue weighted by molar-refractivity contribution is 7.89. The van der Waals surface area contributed by atoms with Crippen LogP contribution in [0, 0.1) is 0 Å². The van der Waals surface area contributed by atoms with Crippen molar-refractivity contribution in [2.75, 3.05) is 6.61 Å². The fraction of sp³-hybridized carbons (Fsp3) is 0.300. The maximum Gasteiger partial charge on any atom is 0.333 e. The Bertz CT molecular complexity index is 838. The van der Waals surface area contributed by atoms with Gasteiger partial charge in [0.2, 0.25) is 10.0 Å². The minimum Gasteiger partial charge on any atom is -0.348 e. The third-order valence-electron chi connectivity index (χ3n) is 2.81. The fourth-order valence-corrected chi connectivity index (χ4v) is 3.02. The largest absolute Gasteiger partial charge is 0.348 e. The van der Waals surface area contributed by atoms with Crippen LogP contribution in [0.15, 0.2) is 29.6 Å². The van der Waals surface area contributed by atoms with Crippen molar-refractivity contribution in [3.63, 3.8) is 0 Å². The molecule has 5 N–H and O–H groups in total. The van der Waals surface area contributed by atoms with Gasteiger partial charge in [0.15, 0.2) is 0 Å². The topological polar surface area (TPSA) is 163 Å². The van der Waals surface area contributed by atoms with Crippen LogP contribution in [0.1, 0.15) is 11.5 Å². The van der Waals surface area contributed by atoms with Crippen LogP contribution in [0.3, 0.4) is 0 Å². The van der Waals surface area contributed by atoms with Gasteiger partial charge in [0, 0.05) is 37.3 Å². The van der Waals surface area contributed by atoms with E-state index in [0.29, 0.717) is 11.5 Å². The normalized spacial score (nSPS) is 12.6. The van der Waals surface area contributed by atoms with Crippen molar-refractivity contribution >= 4 is 20.3 Å². The number of aromatic nitrogens is 3. The van der Waals surface area contributed by atoms with Crippen molar-refractivity contribution in [1.82, 2.24) is 14.5 Å². The lowest BCUT2D eigenvalue weighted by Gasteiger charge is -2.10. The van der Waals surface area contributed by atoms with Crippen molar-refractivity contribution in [1.29, 1.82) is 0 Å². The molecule has 0 aliphatic rings. The lowest BCUT2D eigenvalue weighted by molar-refractivity contribution is 0.299. The second-order valence-corrected chi connectivity index (χ2v) is 7.14. The second-order valence-electron chi connectivity index (χ2n) is 4.39. The molecule has 0 spiro atoms. The third-order valence-corrected chi connectivity index (χ3v) is 4.29. The highest BCUT2D eigenvalue weighted by Crippen LogP contribution is 2.18. The fourth-order valence-electron chi connectivity index (χ4n) is 1.95. The van der Waals surface area contributed by atoms with E-state index in [-0.39, 0.29) is 24.5 Å².